The summed E-state index contributed by atoms with van der Waals surface area (Å²) in [4.78, 5) is 68.5. The van der Waals surface area contributed by atoms with Gasteiger partial charge in [-0.2, -0.15) is 0 Å². The lowest BCUT2D eigenvalue weighted by atomic mass is 10.1. The van der Waals surface area contributed by atoms with Crippen molar-refractivity contribution in [2.75, 3.05) is 36.1 Å². The molecule has 3 aliphatic rings. The van der Waals surface area contributed by atoms with Gasteiger partial charge in [0.2, 0.25) is 0 Å². The highest BCUT2D eigenvalue weighted by atomic mass is 32.5. The van der Waals surface area contributed by atoms with E-state index in [0.29, 0.717) is 11.1 Å². The average molecular weight is 877 g/mol. The maximum Gasteiger partial charge on any atom is 0.325 e. The van der Waals surface area contributed by atoms with Crippen LogP contribution in [0.2, 0.25) is 0 Å². The van der Waals surface area contributed by atoms with E-state index in [1.54, 1.807) is 72.8 Å². The molecule has 19 nitrogen and oxygen atoms in total. The van der Waals surface area contributed by atoms with E-state index in [4.69, 9.17) is 30.3 Å². The van der Waals surface area contributed by atoms with Gasteiger partial charge in [0.1, 0.15) is 37.1 Å². The Kier molecular flexibility index (Phi) is 11.2. The highest BCUT2D eigenvalue weighted by molar-refractivity contribution is 8.07. The van der Waals surface area contributed by atoms with Gasteiger partial charge in [-0.3, -0.25) is 33.0 Å². The molecule has 0 saturated carbocycles. The van der Waals surface area contributed by atoms with Gasteiger partial charge in [-0.15, -0.1) is 0 Å². The summed E-state index contributed by atoms with van der Waals surface area (Å²) in [6.45, 7) is -6.06. The summed E-state index contributed by atoms with van der Waals surface area (Å²) in [6.07, 6.45) is -5.41. The number of halogens is 2. The molecule has 9 atom stereocenters. The Morgan fingerprint density at radius 3 is 1.77 bits per heavy atom. The Labute approximate surface area is 349 Å². The van der Waals surface area contributed by atoms with Gasteiger partial charge in [0.15, 0.2) is 58.8 Å². The van der Waals surface area contributed by atoms with Gasteiger partial charge in [0, 0.05) is 24.2 Å². The van der Waals surface area contributed by atoms with Crippen molar-refractivity contribution in [1.29, 1.82) is 0 Å². The van der Waals surface area contributed by atoms with E-state index in [0.717, 1.165) is 0 Å². The summed E-state index contributed by atoms with van der Waals surface area (Å²) in [5.41, 5.74) is 0.911. The van der Waals surface area contributed by atoms with Crippen LogP contribution in [0, 0.1) is 0 Å². The third-order valence-electron chi connectivity index (χ3n) is 10.4. The number of amides is 2. The summed E-state index contributed by atoms with van der Waals surface area (Å²) >= 11 is 5.20. The normalized spacial score (nSPS) is 29.0. The molecule has 0 spiro atoms. The summed E-state index contributed by atoms with van der Waals surface area (Å²) in [6, 6.07) is 16.8. The second-order valence-electron chi connectivity index (χ2n) is 14.1. The van der Waals surface area contributed by atoms with E-state index in [1.807, 2.05) is 0 Å². The van der Waals surface area contributed by atoms with Crippen molar-refractivity contribution in [3.8, 4) is 0 Å². The Morgan fingerprint density at radius 2 is 1.26 bits per heavy atom. The zero-order valence-corrected chi connectivity index (χ0v) is 33.3. The number of benzene rings is 2. The van der Waals surface area contributed by atoms with Crippen LogP contribution >= 0.6 is 6.72 Å². The summed E-state index contributed by atoms with van der Waals surface area (Å²) in [5, 5.41) is 21.1. The van der Waals surface area contributed by atoms with Crippen molar-refractivity contribution in [3.05, 3.63) is 109 Å². The molecule has 7 heterocycles. The van der Waals surface area contributed by atoms with Gasteiger partial charge in [-0.25, -0.2) is 38.7 Å². The molecule has 4 aromatic heterocycles. The first kappa shape index (κ1) is 40.8. The number of hydrogen-bond donors (Lipinski definition) is 3. The molecule has 12 bridgehead atoms. The highest BCUT2D eigenvalue weighted by Crippen LogP contribution is 2.50. The number of nitrogens with zero attached hydrogens (tertiary/aromatic N) is 10. The third-order valence-corrected chi connectivity index (χ3v) is 12.0. The van der Waals surface area contributed by atoms with Gasteiger partial charge < -0.3 is 29.1 Å². The van der Waals surface area contributed by atoms with E-state index < -0.39 is 81.0 Å². The van der Waals surface area contributed by atoms with Crippen molar-refractivity contribution in [2.24, 2.45) is 0 Å². The van der Waals surface area contributed by atoms with Crippen LogP contribution in [0.5, 0.6) is 0 Å². The Bertz CT molecular complexity index is 2660. The molecule has 3 N–H and O–H groups in total. The molecule has 61 heavy (non-hydrogen) atoms. The van der Waals surface area contributed by atoms with E-state index >= 15 is 8.78 Å². The minimum atomic E-state index is -4.40. The van der Waals surface area contributed by atoms with Crippen LogP contribution < -0.4 is 9.80 Å². The molecule has 6 aromatic rings. The Balaban J connectivity index is 1.16. The average Bonchev–Trinajstić information content (AvgIpc) is 4.05. The number of carbonyl (C=O) groups excluding carboxylic acids is 2. The molecule has 9 rings (SSSR count). The molecule has 2 fully saturated rings. The second kappa shape index (κ2) is 16.7. The first-order valence-electron chi connectivity index (χ1n) is 18.8. The number of hydrogen-bond acceptors (Lipinski definition) is 15. The summed E-state index contributed by atoms with van der Waals surface area (Å²) in [5.74, 6) is -0.825. The quantitative estimate of drug-likeness (QED) is 0.172. The fraction of sp³-hybridized carbons (Fsp3) is 0.316. The third kappa shape index (κ3) is 7.59. The smallest absolute Gasteiger partial charge is 0.325 e. The molecule has 3 aliphatic heterocycles. The van der Waals surface area contributed by atoms with Crippen molar-refractivity contribution in [3.63, 3.8) is 0 Å². The minimum Gasteiger partial charge on any atom is -0.394 e. The minimum absolute atomic E-state index is 0.0496. The van der Waals surface area contributed by atoms with E-state index in [-0.39, 0.29) is 47.1 Å². The van der Waals surface area contributed by atoms with Crippen LogP contribution in [0.1, 0.15) is 33.2 Å². The summed E-state index contributed by atoms with van der Waals surface area (Å²) < 4.78 is 57.5. The van der Waals surface area contributed by atoms with Gasteiger partial charge in [-0.05, 0) is 36.1 Å². The van der Waals surface area contributed by atoms with E-state index in [2.05, 4.69) is 29.9 Å². The molecule has 0 aliphatic carbocycles. The lowest BCUT2D eigenvalue weighted by Gasteiger charge is -2.25. The molecule has 2 saturated heterocycles. The Hall–Kier alpha value is -5.55. The monoisotopic (exact) mass is 876 g/mol. The van der Waals surface area contributed by atoms with Crippen molar-refractivity contribution >= 4 is 64.3 Å². The molecule has 0 radical (unpaired) electrons. The number of anilines is 2. The maximum atomic E-state index is 16.4. The molecular weight excluding hydrogens is 842 g/mol. The molecule has 2 amide bonds. The van der Waals surface area contributed by atoms with Crippen LogP contribution in [-0.2, 0) is 30.3 Å². The SMILES string of the molecule is O=C(c1ccccc1)N1C/C=C/CN(C(=O)c2ccccc2)c2ncnc3c2ncn3[C@@H]2O[C@H](CO)[C@@H](OP(O)(=S)OC[C@H]3OC([C@H](F)[C@@H]3O)n3cnc4c1ncnc43)[C@H]2F. The number of rotatable bonds is 3. The van der Waals surface area contributed by atoms with Crippen LogP contribution in [0.4, 0.5) is 20.4 Å². The van der Waals surface area contributed by atoms with Crippen molar-refractivity contribution in [2.45, 2.75) is 49.2 Å². The number of aliphatic hydroxyl groups is 2. The maximum absolute atomic E-state index is 16.4. The van der Waals surface area contributed by atoms with Crippen LogP contribution in [0.3, 0.4) is 0 Å². The second-order valence-corrected chi connectivity index (χ2v) is 16.9. The fourth-order valence-corrected chi connectivity index (χ4v) is 8.86. The van der Waals surface area contributed by atoms with Gasteiger partial charge in [0.05, 0.1) is 25.9 Å². The zero-order valence-electron chi connectivity index (χ0n) is 31.6. The van der Waals surface area contributed by atoms with Gasteiger partial charge in [0.25, 0.3) is 11.8 Å². The number of alkyl halides is 2. The van der Waals surface area contributed by atoms with Crippen LogP contribution in [-0.4, -0.2) is 129 Å². The lowest BCUT2D eigenvalue weighted by molar-refractivity contribution is -0.0521. The summed E-state index contributed by atoms with van der Waals surface area (Å²) in [7, 11) is 0. The number of imidazole rings is 2. The largest absolute Gasteiger partial charge is 0.394 e. The molecule has 2 unspecified atom stereocenters. The number of aliphatic hydroxyl groups excluding tert-OH is 2. The van der Waals surface area contributed by atoms with Gasteiger partial charge >= 0.3 is 6.72 Å². The van der Waals surface area contributed by atoms with E-state index in [1.165, 1.54) is 44.2 Å². The van der Waals surface area contributed by atoms with E-state index in [9.17, 15) is 24.7 Å². The molecule has 316 valence electrons. The fourth-order valence-electron chi connectivity index (χ4n) is 7.42. The first-order chi connectivity index (χ1) is 29.5. The lowest BCUT2D eigenvalue weighted by Crippen LogP contribution is -2.34. The zero-order chi connectivity index (χ0) is 42.4. The predicted molar refractivity (Wildman–Crippen MR) is 214 cm³/mol. The Morgan fingerprint density at radius 1 is 0.754 bits per heavy atom. The first-order valence-corrected chi connectivity index (χ1v) is 21.4. The molecule has 2 aromatic carbocycles. The van der Waals surface area contributed by atoms with Crippen molar-refractivity contribution < 1.29 is 52.0 Å². The van der Waals surface area contributed by atoms with Crippen molar-refractivity contribution in [1.82, 2.24) is 39.0 Å². The molecular formula is C38H35F2N10O9PS. The highest BCUT2D eigenvalue weighted by Gasteiger charge is 2.51. The van der Waals surface area contributed by atoms with Crippen LogP contribution in [0.25, 0.3) is 22.3 Å². The van der Waals surface area contributed by atoms with Crippen LogP contribution in [0.15, 0.2) is 98.1 Å². The number of aromatic nitrogens is 8. The van der Waals surface area contributed by atoms with Gasteiger partial charge in [-0.1, -0.05) is 48.6 Å². The number of ether oxygens (including phenoxy) is 2. The topological polar surface area (TPSA) is 225 Å². The predicted octanol–water partition coefficient (Wildman–Crippen LogP) is 2.97. The molecule has 23 heteroatoms. The standard InChI is InChI=1S/C38H35F2N10O9PS/c39-25-29(52)24-16-56-60(55,61)59-30-23(15-51)57-38(26(30)40)50-20-46-28-32(42-18-44-34(28)50)48(36(54)22-11-5-2-6-12-22)14-8-7-13-47(35(53)21-9-3-1-4-10-21)31-27-33(43-17-41-31)49(19-45-27)37(25)58-24/h1-12,17-20,23-26,29-30,37-38,51-52H,13-16H2,(H,55,61)/b8-7+/t23-,24-,25-,26-,29-,30-,37?,38-,60?/m1/s1. The number of carbonyl (C=O) groups is 2. The number of fused-ring (bicyclic) bond motifs is 6.